The summed E-state index contributed by atoms with van der Waals surface area (Å²) >= 11 is 0. The summed E-state index contributed by atoms with van der Waals surface area (Å²) in [6.45, 7) is 4.38. The Morgan fingerprint density at radius 2 is 1.47 bits per heavy atom. The maximum atomic E-state index is 12.8. The number of benzene rings is 2. The van der Waals surface area contributed by atoms with E-state index in [1.165, 1.54) is 18.2 Å². The van der Waals surface area contributed by atoms with Crippen molar-refractivity contribution in [3.63, 3.8) is 0 Å². The highest BCUT2D eigenvalue weighted by Gasteiger charge is 2.20. The molecule has 8 nitrogen and oxygen atoms in total. The molecule has 2 aromatic rings. The van der Waals surface area contributed by atoms with E-state index in [4.69, 9.17) is 9.47 Å². The number of carbonyl (C=O) groups is 4. The van der Waals surface area contributed by atoms with E-state index in [9.17, 15) is 19.2 Å². The summed E-state index contributed by atoms with van der Waals surface area (Å²) < 4.78 is 10.0. The lowest BCUT2D eigenvalue weighted by atomic mass is 10.1. The van der Waals surface area contributed by atoms with Crippen LogP contribution in [0.1, 0.15) is 64.2 Å². The molecule has 32 heavy (non-hydrogen) atoms. The number of ether oxygens (including phenoxy) is 2. The lowest BCUT2D eigenvalue weighted by Crippen LogP contribution is -2.35. The summed E-state index contributed by atoms with van der Waals surface area (Å²) in [6.07, 6.45) is 2.38. The summed E-state index contributed by atoms with van der Waals surface area (Å²) in [6, 6.07) is 11.0. The van der Waals surface area contributed by atoms with Crippen LogP contribution in [-0.2, 0) is 14.3 Å². The van der Waals surface area contributed by atoms with Gasteiger partial charge in [-0.1, -0.05) is 0 Å². The molecule has 3 rings (SSSR count). The van der Waals surface area contributed by atoms with E-state index in [1.54, 1.807) is 43.0 Å². The molecule has 0 unspecified atom stereocenters. The van der Waals surface area contributed by atoms with Crippen LogP contribution in [0.4, 0.5) is 11.4 Å². The molecule has 1 fully saturated rings. The van der Waals surface area contributed by atoms with Crippen LogP contribution in [0.25, 0.3) is 0 Å². The van der Waals surface area contributed by atoms with Crippen LogP contribution in [0.5, 0.6) is 0 Å². The molecule has 168 valence electrons. The van der Waals surface area contributed by atoms with Crippen molar-refractivity contribution in [2.45, 2.75) is 33.1 Å². The van der Waals surface area contributed by atoms with Gasteiger partial charge in [-0.25, -0.2) is 9.59 Å². The number of anilines is 2. The largest absolute Gasteiger partial charge is 0.462 e. The molecule has 0 aromatic heterocycles. The summed E-state index contributed by atoms with van der Waals surface area (Å²) in [4.78, 5) is 50.9. The fraction of sp³-hybridized carbons (Fsp3) is 0.333. The molecule has 1 heterocycles. The van der Waals surface area contributed by atoms with Gasteiger partial charge in [0.2, 0.25) is 5.91 Å². The van der Waals surface area contributed by atoms with Crippen molar-refractivity contribution >= 4 is 35.1 Å². The molecule has 2 amide bonds. The van der Waals surface area contributed by atoms with Gasteiger partial charge in [0.15, 0.2) is 0 Å². The van der Waals surface area contributed by atoms with Crippen molar-refractivity contribution in [3.8, 4) is 0 Å². The zero-order valence-corrected chi connectivity index (χ0v) is 18.2. The van der Waals surface area contributed by atoms with Gasteiger partial charge in [-0.2, -0.15) is 0 Å². The second kappa shape index (κ2) is 10.6. The van der Waals surface area contributed by atoms with Gasteiger partial charge < -0.3 is 19.7 Å². The Labute approximate surface area is 186 Å². The van der Waals surface area contributed by atoms with Crippen molar-refractivity contribution < 1.29 is 28.7 Å². The minimum Gasteiger partial charge on any atom is -0.462 e. The lowest BCUT2D eigenvalue weighted by Gasteiger charge is -2.26. The molecular weight excluding hydrogens is 412 g/mol. The first-order valence-electron chi connectivity index (χ1n) is 10.6. The molecule has 0 atom stereocenters. The average molecular weight is 438 g/mol. The third-order valence-corrected chi connectivity index (χ3v) is 4.98. The number of esters is 2. The number of rotatable bonds is 7. The maximum absolute atomic E-state index is 12.8. The fourth-order valence-electron chi connectivity index (χ4n) is 3.44. The molecule has 0 bridgehead atoms. The first-order valence-corrected chi connectivity index (χ1v) is 10.6. The number of hydrogen-bond donors (Lipinski definition) is 1. The molecular formula is C24H26N2O6. The van der Waals surface area contributed by atoms with E-state index < -0.39 is 17.8 Å². The average Bonchev–Trinajstić information content (AvgIpc) is 2.79. The molecule has 0 spiro atoms. The van der Waals surface area contributed by atoms with Gasteiger partial charge in [0, 0.05) is 29.9 Å². The number of hydrogen-bond acceptors (Lipinski definition) is 6. The molecule has 0 saturated carbocycles. The van der Waals surface area contributed by atoms with E-state index in [0.717, 1.165) is 18.5 Å². The van der Waals surface area contributed by atoms with Gasteiger partial charge in [0.25, 0.3) is 5.91 Å². The quantitative estimate of drug-likeness (QED) is 0.660. The number of amides is 2. The van der Waals surface area contributed by atoms with Gasteiger partial charge in [-0.05, 0) is 69.2 Å². The zero-order valence-electron chi connectivity index (χ0n) is 18.2. The van der Waals surface area contributed by atoms with Crippen molar-refractivity contribution in [1.29, 1.82) is 0 Å². The predicted molar refractivity (Wildman–Crippen MR) is 119 cm³/mol. The molecule has 1 saturated heterocycles. The number of piperidine rings is 1. The standard InChI is InChI=1S/C24H26N2O6/c1-3-31-23(29)17-13-18(24(30)32-4-2)15-19(14-17)25-22(28)16-8-10-20(11-9-16)26-12-6-5-7-21(26)27/h8-11,13-15H,3-7,12H2,1-2H3,(H,25,28). The van der Waals surface area contributed by atoms with Crippen molar-refractivity contribution in [2.24, 2.45) is 0 Å². The van der Waals surface area contributed by atoms with Crippen LogP contribution in [0.15, 0.2) is 42.5 Å². The number of carbonyl (C=O) groups excluding carboxylic acids is 4. The second-order valence-electron chi connectivity index (χ2n) is 7.24. The lowest BCUT2D eigenvalue weighted by molar-refractivity contribution is -0.119. The molecule has 0 radical (unpaired) electrons. The Balaban J connectivity index is 1.80. The Bertz CT molecular complexity index is 979. The molecule has 8 heteroatoms. The summed E-state index contributed by atoms with van der Waals surface area (Å²) in [5, 5.41) is 2.71. The zero-order chi connectivity index (χ0) is 23.1. The highest BCUT2D eigenvalue weighted by molar-refractivity contribution is 6.06. The van der Waals surface area contributed by atoms with Crippen molar-refractivity contribution in [2.75, 3.05) is 30.0 Å². The van der Waals surface area contributed by atoms with Gasteiger partial charge in [-0.15, -0.1) is 0 Å². The monoisotopic (exact) mass is 438 g/mol. The first-order chi connectivity index (χ1) is 15.4. The van der Waals surface area contributed by atoms with Crippen LogP contribution in [0.2, 0.25) is 0 Å². The highest BCUT2D eigenvalue weighted by atomic mass is 16.5. The molecule has 1 aliphatic rings. The van der Waals surface area contributed by atoms with E-state index >= 15 is 0 Å². The second-order valence-corrected chi connectivity index (χ2v) is 7.24. The first kappa shape index (κ1) is 23.0. The van der Waals surface area contributed by atoms with Gasteiger partial charge in [0.1, 0.15) is 0 Å². The van der Waals surface area contributed by atoms with Crippen LogP contribution in [0.3, 0.4) is 0 Å². The van der Waals surface area contributed by atoms with Crippen LogP contribution in [0, 0.1) is 0 Å². The van der Waals surface area contributed by atoms with E-state index in [1.807, 2.05) is 0 Å². The number of nitrogens with one attached hydrogen (secondary N) is 1. The van der Waals surface area contributed by atoms with Crippen LogP contribution in [-0.4, -0.2) is 43.5 Å². The van der Waals surface area contributed by atoms with E-state index in [2.05, 4.69) is 5.32 Å². The maximum Gasteiger partial charge on any atom is 0.338 e. The van der Waals surface area contributed by atoms with Crippen molar-refractivity contribution in [1.82, 2.24) is 0 Å². The van der Waals surface area contributed by atoms with Crippen molar-refractivity contribution in [3.05, 3.63) is 59.2 Å². The Kier molecular flexibility index (Phi) is 7.59. The predicted octanol–water partition coefficient (Wildman–Crippen LogP) is 3.81. The SMILES string of the molecule is CCOC(=O)c1cc(NC(=O)c2ccc(N3CCCCC3=O)cc2)cc(C(=O)OCC)c1. The summed E-state index contributed by atoms with van der Waals surface area (Å²) in [5.74, 6) is -1.55. The Morgan fingerprint density at radius 3 is 2.00 bits per heavy atom. The van der Waals surface area contributed by atoms with Gasteiger partial charge >= 0.3 is 11.9 Å². The summed E-state index contributed by atoms with van der Waals surface area (Å²) in [7, 11) is 0. The Hall–Kier alpha value is -3.68. The summed E-state index contributed by atoms with van der Waals surface area (Å²) in [5.41, 5.74) is 1.65. The third kappa shape index (κ3) is 5.51. The van der Waals surface area contributed by atoms with E-state index in [0.29, 0.717) is 18.5 Å². The van der Waals surface area contributed by atoms with Crippen LogP contribution < -0.4 is 10.2 Å². The third-order valence-electron chi connectivity index (χ3n) is 4.98. The van der Waals surface area contributed by atoms with Crippen LogP contribution >= 0.6 is 0 Å². The fourth-order valence-corrected chi connectivity index (χ4v) is 3.44. The van der Waals surface area contributed by atoms with Gasteiger partial charge in [-0.3, -0.25) is 9.59 Å². The topological polar surface area (TPSA) is 102 Å². The molecule has 1 aliphatic heterocycles. The minimum absolute atomic E-state index is 0.0794. The molecule has 0 aliphatic carbocycles. The van der Waals surface area contributed by atoms with Gasteiger partial charge in [0.05, 0.1) is 24.3 Å². The number of nitrogens with zero attached hydrogens (tertiary/aromatic N) is 1. The van der Waals surface area contributed by atoms with E-state index in [-0.39, 0.29) is 35.9 Å². The molecule has 1 N–H and O–H groups in total. The normalized spacial score (nSPS) is 13.4. The highest BCUT2D eigenvalue weighted by Crippen LogP contribution is 2.22. The Morgan fingerprint density at radius 1 is 0.875 bits per heavy atom. The smallest absolute Gasteiger partial charge is 0.338 e. The molecule has 2 aromatic carbocycles. The minimum atomic E-state index is -0.607.